The van der Waals surface area contributed by atoms with Crippen LogP contribution in [0.15, 0.2) is 42.6 Å². The van der Waals surface area contributed by atoms with Crippen LogP contribution in [0.5, 0.6) is 0 Å². The van der Waals surface area contributed by atoms with E-state index in [-0.39, 0.29) is 23.9 Å². The first-order valence-corrected chi connectivity index (χ1v) is 13.7. The van der Waals surface area contributed by atoms with Crippen molar-refractivity contribution in [2.75, 3.05) is 44.6 Å². The van der Waals surface area contributed by atoms with Crippen LogP contribution in [0.25, 0.3) is 0 Å². The number of aromatic nitrogens is 2. The van der Waals surface area contributed by atoms with Gasteiger partial charge in [-0.25, -0.2) is 9.78 Å². The number of para-hydroxylation sites is 1. The van der Waals surface area contributed by atoms with Gasteiger partial charge < -0.3 is 24.4 Å². The fourth-order valence-corrected chi connectivity index (χ4v) is 4.98. The number of halogens is 1. The summed E-state index contributed by atoms with van der Waals surface area (Å²) in [6, 6.07) is 6.94. The van der Waals surface area contributed by atoms with E-state index >= 15 is 0 Å². The lowest BCUT2D eigenvalue weighted by Gasteiger charge is -2.32. The predicted molar refractivity (Wildman–Crippen MR) is 150 cm³/mol. The Kier molecular flexibility index (Phi) is 8.97. The number of amides is 3. The highest BCUT2D eigenvalue weighted by molar-refractivity contribution is 6.33. The fourth-order valence-electron chi connectivity index (χ4n) is 4.80. The number of benzene rings is 1. The molecule has 10 nitrogen and oxygen atoms in total. The van der Waals surface area contributed by atoms with Gasteiger partial charge in [0.25, 0.3) is 5.91 Å². The first-order valence-electron chi connectivity index (χ1n) is 13.3. The molecule has 210 valence electrons. The number of hydrogen-bond acceptors (Lipinski definition) is 6. The van der Waals surface area contributed by atoms with Crippen molar-refractivity contribution < 1.29 is 19.1 Å². The zero-order valence-electron chi connectivity index (χ0n) is 23.0. The molecule has 3 heterocycles. The van der Waals surface area contributed by atoms with Gasteiger partial charge in [-0.05, 0) is 46.2 Å². The fraction of sp³-hybridized carbons (Fsp3) is 0.500. The van der Waals surface area contributed by atoms with Crippen molar-refractivity contribution >= 4 is 35.2 Å². The number of hydrogen-bond donors (Lipinski definition) is 1. The van der Waals surface area contributed by atoms with Gasteiger partial charge in [-0.15, -0.1) is 0 Å². The number of imidazole rings is 1. The Balaban J connectivity index is 1.30. The Hall–Kier alpha value is -3.37. The maximum absolute atomic E-state index is 13.0. The number of rotatable bonds is 5. The van der Waals surface area contributed by atoms with Crippen LogP contribution in [0.1, 0.15) is 56.5 Å². The minimum Gasteiger partial charge on any atom is -0.444 e. The number of ether oxygens (including phenoxy) is 1. The molecule has 1 N–H and O–H groups in total. The first kappa shape index (κ1) is 28.6. The molecule has 39 heavy (non-hydrogen) atoms. The highest BCUT2D eigenvalue weighted by atomic mass is 35.5. The lowest BCUT2D eigenvalue weighted by molar-refractivity contribution is -0.128. The standard InChI is InChI=1S/C28H37ClN6O4/c1-20-18-34(19-24-30-17-23(35(20)24)26(37)31-22-10-6-5-9-21(22)29)25(36)11-7-12-32-13-8-14-33(16-15-32)27(38)39-28(2,3)4/h5-7,9-11,17,20H,8,12-16,18-19H2,1-4H3,(H,31,37)/b11-7+/t20-/m0/s1. The molecule has 2 aliphatic heterocycles. The van der Waals surface area contributed by atoms with Crippen molar-refractivity contribution in [3.05, 3.63) is 59.2 Å². The SMILES string of the molecule is C[C@H]1CN(C(=O)/C=C/CN2CCCN(C(=O)OC(C)(C)C)CC2)Cc2ncc(C(=O)Nc3ccccc3Cl)n21. The maximum Gasteiger partial charge on any atom is 0.410 e. The first-order chi connectivity index (χ1) is 18.5. The van der Waals surface area contributed by atoms with E-state index in [2.05, 4.69) is 15.2 Å². The van der Waals surface area contributed by atoms with Crippen molar-refractivity contribution in [1.29, 1.82) is 0 Å². The van der Waals surface area contributed by atoms with E-state index < -0.39 is 5.60 Å². The molecule has 2 aromatic rings. The van der Waals surface area contributed by atoms with Crippen LogP contribution >= 0.6 is 11.6 Å². The molecule has 0 radical (unpaired) electrons. The summed E-state index contributed by atoms with van der Waals surface area (Å²) < 4.78 is 7.38. The van der Waals surface area contributed by atoms with Crippen molar-refractivity contribution in [3.8, 4) is 0 Å². The zero-order chi connectivity index (χ0) is 28.2. The molecule has 0 aliphatic carbocycles. The Labute approximate surface area is 234 Å². The molecule has 1 aromatic carbocycles. The Bertz CT molecular complexity index is 1240. The molecular weight excluding hydrogens is 520 g/mol. The molecule has 3 amide bonds. The van der Waals surface area contributed by atoms with E-state index in [1.165, 1.54) is 0 Å². The van der Waals surface area contributed by atoms with E-state index in [9.17, 15) is 14.4 Å². The van der Waals surface area contributed by atoms with Gasteiger partial charge in [-0.1, -0.05) is 29.8 Å². The molecule has 1 atom stereocenters. The number of nitrogens with zero attached hydrogens (tertiary/aromatic N) is 5. The molecule has 1 saturated heterocycles. The highest BCUT2D eigenvalue weighted by Crippen LogP contribution is 2.25. The third kappa shape index (κ3) is 7.39. The van der Waals surface area contributed by atoms with Gasteiger partial charge in [0.2, 0.25) is 5.91 Å². The Morgan fingerprint density at radius 1 is 1.13 bits per heavy atom. The van der Waals surface area contributed by atoms with Crippen molar-refractivity contribution in [2.45, 2.75) is 52.3 Å². The van der Waals surface area contributed by atoms with Gasteiger partial charge >= 0.3 is 6.09 Å². The van der Waals surface area contributed by atoms with Crippen LogP contribution < -0.4 is 5.32 Å². The minimum atomic E-state index is -0.514. The molecule has 1 fully saturated rings. The average molecular weight is 557 g/mol. The monoisotopic (exact) mass is 556 g/mol. The summed E-state index contributed by atoms with van der Waals surface area (Å²) in [5, 5.41) is 3.30. The summed E-state index contributed by atoms with van der Waals surface area (Å²) in [7, 11) is 0. The maximum atomic E-state index is 13.0. The zero-order valence-corrected chi connectivity index (χ0v) is 23.8. The average Bonchev–Trinajstić information content (AvgIpc) is 3.16. The molecule has 1 aromatic heterocycles. The van der Waals surface area contributed by atoms with Gasteiger partial charge in [0, 0.05) is 45.3 Å². The number of fused-ring (bicyclic) bond motifs is 1. The third-order valence-electron chi connectivity index (χ3n) is 6.66. The number of carbonyl (C=O) groups excluding carboxylic acids is 3. The number of anilines is 1. The van der Waals surface area contributed by atoms with Gasteiger partial charge in [-0.3, -0.25) is 14.5 Å². The summed E-state index contributed by atoms with van der Waals surface area (Å²) in [6.45, 7) is 11.8. The second kappa shape index (κ2) is 12.2. The lowest BCUT2D eigenvalue weighted by Crippen LogP contribution is -2.40. The van der Waals surface area contributed by atoms with E-state index in [0.717, 1.165) is 19.5 Å². The summed E-state index contributed by atoms with van der Waals surface area (Å²) in [5.41, 5.74) is 0.452. The van der Waals surface area contributed by atoms with Crippen molar-refractivity contribution in [1.82, 2.24) is 24.3 Å². The highest BCUT2D eigenvalue weighted by Gasteiger charge is 2.30. The summed E-state index contributed by atoms with van der Waals surface area (Å²) >= 11 is 6.18. The molecule has 0 spiro atoms. The molecular formula is C28H37ClN6O4. The Morgan fingerprint density at radius 2 is 1.90 bits per heavy atom. The van der Waals surface area contributed by atoms with E-state index in [4.69, 9.17) is 16.3 Å². The van der Waals surface area contributed by atoms with Crippen LogP contribution in [-0.2, 0) is 16.1 Å². The normalized spacial score (nSPS) is 18.5. The smallest absolute Gasteiger partial charge is 0.410 e. The largest absolute Gasteiger partial charge is 0.444 e. The third-order valence-corrected chi connectivity index (χ3v) is 6.99. The Morgan fingerprint density at radius 3 is 2.64 bits per heavy atom. The van der Waals surface area contributed by atoms with Gasteiger partial charge in [0.1, 0.15) is 17.1 Å². The van der Waals surface area contributed by atoms with Crippen LogP contribution in [0, 0.1) is 0 Å². The molecule has 0 unspecified atom stereocenters. The van der Waals surface area contributed by atoms with Crippen LogP contribution in [0.2, 0.25) is 5.02 Å². The van der Waals surface area contributed by atoms with Crippen LogP contribution in [0.3, 0.4) is 0 Å². The molecule has 4 rings (SSSR count). The minimum absolute atomic E-state index is 0.0941. The van der Waals surface area contributed by atoms with Crippen LogP contribution in [0.4, 0.5) is 10.5 Å². The number of nitrogens with one attached hydrogen (secondary N) is 1. The van der Waals surface area contributed by atoms with Crippen LogP contribution in [-0.4, -0.2) is 87.0 Å². The lowest BCUT2D eigenvalue weighted by atomic mass is 10.2. The van der Waals surface area contributed by atoms with Gasteiger partial charge in [0.05, 0.1) is 29.5 Å². The second-order valence-electron chi connectivity index (χ2n) is 11.0. The van der Waals surface area contributed by atoms with E-state index in [1.807, 2.05) is 38.3 Å². The van der Waals surface area contributed by atoms with Gasteiger partial charge in [0.15, 0.2) is 0 Å². The summed E-state index contributed by atoms with van der Waals surface area (Å²) in [5.74, 6) is 0.272. The predicted octanol–water partition coefficient (Wildman–Crippen LogP) is 4.19. The summed E-state index contributed by atoms with van der Waals surface area (Å²) in [4.78, 5) is 48.5. The molecule has 2 aliphatic rings. The number of carbonyl (C=O) groups is 3. The quantitative estimate of drug-likeness (QED) is 0.554. The van der Waals surface area contributed by atoms with Crippen molar-refractivity contribution in [3.63, 3.8) is 0 Å². The van der Waals surface area contributed by atoms with Gasteiger partial charge in [-0.2, -0.15) is 0 Å². The topological polar surface area (TPSA) is 100 Å². The summed E-state index contributed by atoms with van der Waals surface area (Å²) in [6.07, 6.45) is 5.59. The van der Waals surface area contributed by atoms with Crippen molar-refractivity contribution in [2.24, 2.45) is 0 Å². The molecule has 0 saturated carbocycles. The molecule has 0 bridgehead atoms. The van der Waals surface area contributed by atoms with E-state index in [0.29, 0.717) is 55.0 Å². The van der Waals surface area contributed by atoms with E-state index in [1.54, 1.807) is 46.3 Å². The molecule has 11 heteroatoms. The second-order valence-corrected chi connectivity index (χ2v) is 11.4.